The number of rotatable bonds is 3. The first-order valence-corrected chi connectivity index (χ1v) is 7.91. The molecule has 7 heteroatoms. The molecule has 0 radical (unpaired) electrons. The molecule has 0 atom stereocenters. The number of hydrogen-bond acceptors (Lipinski definition) is 3. The van der Waals surface area contributed by atoms with E-state index in [1.165, 1.54) is 12.1 Å². The summed E-state index contributed by atoms with van der Waals surface area (Å²) in [5.41, 5.74) is 3.03. The minimum Gasteiger partial charge on any atom is -0.262 e. The van der Waals surface area contributed by atoms with Crippen molar-refractivity contribution in [1.82, 2.24) is 20.0 Å². The van der Waals surface area contributed by atoms with E-state index in [4.69, 9.17) is 0 Å². The Morgan fingerprint density at radius 2 is 1.62 bits per heavy atom. The molecule has 0 spiro atoms. The summed E-state index contributed by atoms with van der Waals surface area (Å²) in [5.74, 6) is 0. The van der Waals surface area contributed by atoms with Gasteiger partial charge < -0.3 is 0 Å². The molecule has 0 aliphatic rings. The average Bonchev–Trinajstić information content (AvgIpc) is 3.05. The second kappa shape index (κ2) is 6.25. The summed E-state index contributed by atoms with van der Waals surface area (Å²) in [6.07, 6.45) is -1.15. The van der Waals surface area contributed by atoms with Gasteiger partial charge in [-0.3, -0.25) is 4.98 Å². The highest BCUT2D eigenvalue weighted by molar-refractivity contribution is 5.90. The summed E-state index contributed by atoms with van der Waals surface area (Å²) in [7, 11) is 0. The number of benzene rings is 2. The summed E-state index contributed by atoms with van der Waals surface area (Å²) in [4.78, 5) is 4.14. The summed E-state index contributed by atoms with van der Waals surface area (Å²) < 4.78 is 40.1. The maximum absolute atomic E-state index is 12.8. The Balaban J connectivity index is 1.79. The molecule has 26 heavy (non-hydrogen) atoms. The van der Waals surface area contributed by atoms with E-state index in [0.29, 0.717) is 23.2 Å². The molecule has 130 valence electrons. The van der Waals surface area contributed by atoms with Crippen LogP contribution in [0.2, 0.25) is 0 Å². The predicted molar refractivity (Wildman–Crippen MR) is 91.3 cm³/mol. The molecule has 0 aliphatic heterocycles. The summed E-state index contributed by atoms with van der Waals surface area (Å²) in [6.45, 7) is 0.509. The number of alkyl halides is 3. The standard InChI is InChI=1S/C19H13F3N4/c20-19(21,22)15-8-6-14(7-9-15)16-10-23-11-17-18(16)26(25-24-17)12-13-4-2-1-3-5-13/h1-11H,12H2. The monoisotopic (exact) mass is 354 g/mol. The molecule has 0 unspecified atom stereocenters. The Morgan fingerprint density at radius 3 is 2.31 bits per heavy atom. The highest BCUT2D eigenvalue weighted by Gasteiger charge is 2.30. The van der Waals surface area contributed by atoms with Gasteiger partial charge in [0.15, 0.2) is 0 Å². The van der Waals surface area contributed by atoms with Crippen LogP contribution < -0.4 is 0 Å². The number of hydrogen-bond donors (Lipinski definition) is 0. The molecule has 0 amide bonds. The lowest BCUT2D eigenvalue weighted by Gasteiger charge is -2.09. The molecular formula is C19H13F3N4. The maximum Gasteiger partial charge on any atom is 0.416 e. The van der Waals surface area contributed by atoms with Gasteiger partial charge in [0.05, 0.1) is 18.3 Å². The summed E-state index contributed by atoms with van der Waals surface area (Å²) in [5, 5.41) is 8.31. The van der Waals surface area contributed by atoms with E-state index in [1.54, 1.807) is 17.1 Å². The Morgan fingerprint density at radius 1 is 0.885 bits per heavy atom. The van der Waals surface area contributed by atoms with Gasteiger partial charge in [-0.05, 0) is 23.3 Å². The smallest absolute Gasteiger partial charge is 0.262 e. The zero-order valence-corrected chi connectivity index (χ0v) is 13.5. The first kappa shape index (κ1) is 16.3. The van der Waals surface area contributed by atoms with Crippen LogP contribution in [0.5, 0.6) is 0 Å². The van der Waals surface area contributed by atoms with E-state index < -0.39 is 11.7 Å². The van der Waals surface area contributed by atoms with Gasteiger partial charge in [0, 0.05) is 11.8 Å². The summed E-state index contributed by atoms with van der Waals surface area (Å²) in [6, 6.07) is 14.8. The van der Waals surface area contributed by atoms with Crippen LogP contribution in [0.15, 0.2) is 67.0 Å². The SMILES string of the molecule is FC(F)(F)c1ccc(-c2cncc3nnn(Cc4ccccc4)c23)cc1. The lowest BCUT2D eigenvalue weighted by molar-refractivity contribution is -0.137. The minimum atomic E-state index is -4.36. The van der Waals surface area contributed by atoms with Crippen molar-refractivity contribution >= 4 is 11.0 Å². The molecule has 2 heterocycles. The number of halogens is 3. The zero-order chi connectivity index (χ0) is 18.1. The molecular weight excluding hydrogens is 341 g/mol. The summed E-state index contributed by atoms with van der Waals surface area (Å²) >= 11 is 0. The predicted octanol–water partition coefficient (Wildman–Crippen LogP) is 4.56. The largest absolute Gasteiger partial charge is 0.416 e. The lowest BCUT2D eigenvalue weighted by Crippen LogP contribution is -2.04. The van der Waals surface area contributed by atoms with Crippen molar-refractivity contribution in [1.29, 1.82) is 0 Å². The van der Waals surface area contributed by atoms with Crippen LogP contribution in [-0.4, -0.2) is 20.0 Å². The third-order valence-corrected chi connectivity index (χ3v) is 4.12. The first-order valence-electron chi connectivity index (χ1n) is 7.91. The number of fused-ring (bicyclic) bond motifs is 1. The molecule has 0 saturated carbocycles. The van der Waals surface area contributed by atoms with Crippen LogP contribution in [0.1, 0.15) is 11.1 Å². The van der Waals surface area contributed by atoms with Crippen molar-refractivity contribution in [3.63, 3.8) is 0 Å². The Labute approximate surface area is 146 Å². The fraction of sp³-hybridized carbons (Fsp3) is 0.105. The van der Waals surface area contributed by atoms with Gasteiger partial charge in [-0.15, -0.1) is 5.10 Å². The van der Waals surface area contributed by atoms with E-state index in [-0.39, 0.29) is 0 Å². The Kier molecular flexibility index (Phi) is 3.91. The van der Waals surface area contributed by atoms with E-state index >= 15 is 0 Å². The fourth-order valence-corrected chi connectivity index (χ4v) is 2.85. The third-order valence-electron chi connectivity index (χ3n) is 4.12. The van der Waals surface area contributed by atoms with Crippen LogP contribution in [0.3, 0.4) is 0 Å². The molecule has 4 aromatic rings. The number of nitrogens with zero attached hydrogens (tertiary/aromatic N) is 4. The highest BCUT2D eigenvalue weighted by Crippen LogP contribution is 2.32. The maximum atomic E-state index is 12.8. The van der Waals surface area contributed by atoms with Gasteiger partial charge in [-0.2, -0.15) is 13.2 Å². The van der Waals surface area contributed by atoms with Crippen molar-refractivity contribution in [2.75, 3.05) is 0 Å². The molecule has 4 nitrogen and oxygen atoms in total. The van der Waals surface area contributed by atoms with Gasteiger partial charge in [-0.25, -0.2) is 4.68 Å². The molecule has 4 rings (SSSR count). The van der Waals surface area contributed by atoms with E-state index in [0.717, 1.165) is 23.2 Å². The average molecular weight is 354 g/mol. The van der Waals surface area contributed by atoms with Crippen molar-refractivity contribution in [3.05, 3.63) is 78.1 Å². The van der Waals surface area contributed by atoms with Gasteiger partial charge >= 0.3 is 6.18 Å². The zero-order valence-electron chi connectivity index (χ0n) is 13.5. The van der Waals surface area contributed by atoms with Gasteiger partial charge in [0.2, 0.25) is 0 Å². The first-order chi connectivity index (χ1) is 12.5. The van der Waals surface area contributed by atoms with E-state index in [9.17, 15) is 13.2 Å². The molecule has 0 aliphatic carbocycles. The van der Waals surface area contributed by atoms with Crippen LogP contribution in [0.25, 0.3) is 22.2 Å². The normalized spacial score (nSPS) is 11.8. The van der Waals surface area contributed by atoms with Gasteiger partial charge in [-0.1, -0.05) is 47.7 Å². The number of pyridine rings is 1. The molecule has 0 saturated heterocycles. The quantitative estimate of drug-likeness (QED) is 0.542. The molecule has 0 bridgehead atoms. The molecule has 2 aromatic carbocycles. The molecule has 2 aromatic heterocycles. The van der Waals surface area contributed by atoms with Gasteiger partial charge in [0.1, 0.15) is 11.0 Å². The van der Waals surface area contributed by atoms with Crippen molar-refractivity contribution in [3.8, 4) is 11.1 Å². The fourth-order valence-electron chi connectivity index (χ4n) is 2.85. The van der Waals surface area contributed by atoms with Crippen molar-refractivity contribution in [2.45, 2.75) is 12.7 Å². The minimum absolute atomic E-state index is 0.509. The highest BCUT2D eigenvalue weighted by atomic mass is 19.4. The van der Waals surface area contributed by atoms with E-state index in [2.05, 4.69) is 15.3 Å². The van der Waals surface area contributed by atoms with Crippen LogP contribution >= 0.6 is 0 Å². The topological polar surface area (TPSA) is 43.6 Å². The van der Waals surface area contributed by atoms with E-state index in [1.807, 2.05) is 30.3 Å². The second-order valence-electron chi connectivity index (χ2n) is 5.86. The molecule has 0 fully saturated rings. The van der Waals surface area contributed by atoms with Crippen molar-refractivity contribution < 1.29 is 13.2 Å². The van der Waals surface area contributed by atoms with Crippen LogP contribution in [0.4, 0.5) is 13.2 Å². The second-order valence-corrected chi connectivity index (χ2v) is 5.86. The third kappa shape index (κ3) is 3.03. The van der Waals surface area contributed by atoms with Crippen molar-refractivity contribution in [2.24, 2.45) is 0 Å². The Bertz CT molecular complexity index is 1040. The van der Waals surface area contributed by atoms with Crippen LogP contribution in [0, 0.1) is 0 Å². The molecule has 0 N–H and O–H groups in total. The Hall–Kier alpha value is -3.22. The number of aromatic nitrogens is 4. The lowest BCUT2D eigenvalue weighted by atomic mass is 10.0. The van der Waals surface area contributed by atoms with Gasteiger partial charge in [0.25, 0.3) is 0 Å². The van der Waals surface area contributed by atoms with Crippen LogP contribution in [-0.2, 0) is 12.7 Å².